The van der Waals surface area contributed by atoms with E-state index in [1.54, 1.807) is 0 Å². The fourth-order valence-electron chi connectivity index (χ4n) is 2.59. The van der Waals surface area contributed by atoms with Gasteiger partial charge in [0.1, 0.15) is 5.52 Å². The molecule has 0 saturated heterocycles. The molecule has 0 saturated carbocycles. The zero-order valence-electron chi connectivity index (χ0n) is 10.7. The molecule has 4 rings (SSSR count). The van der Waals surface area contributed by atoms with Crippen LogP contribution in [0.1, 0.15) is 16.7 Å². The molecule has 1 aliphatic rings. The minimum Gasteiger partial charge on any atom is -0.436 e. The monoisotopic (exact) mass is 250 g/mol. The molecule has 0 fully saturated rings. The van der Waals surface area contributed by atoms with Crippen LogP contribution in [0.25, 0.3) is 22.6 Å². The van der Waals surface area contributed by atoms with Crippen LogP contribution < -0.4 is 5.32 Å². The Labute approximate surface area is 111 Å². The Morgan fingerprint density at radius 1 is 1.05 bits per heavy atom. The Morgan fingerprint density at radius 2 is 1.95 bits per heavy atom. The lowest BCUT2D eigenvalue weighted by atomic mass is 10.1. The molecule has 1 N–H and O–H groups in total. The van der Waals surface area contributed by atoms with Gasteiger partial charge in [-0.1, -0.05) is 12.1 Å². The average Bonchev–Trinajstić information content (AvgIpc) is 3.02. The van der Waals surface area contributed by atoms with Crippen LogP contribution in [-0.2, 0) is 13.1 Å². The van der Waals surface area contributed by atoms with E-state index in [0.717, 1.165) is 29.8 Å². The molecule has 0 unspecified atom stereocenters. The van der Waals surface area contributed by atoms with E-state index < -0.39 is 0 Å². The lowest BCUT2D eigenvalue weighted by Gasteiger charge is -1.99. The van der Waals surface area contributed by atoms with E-state index in [1.165, 1.54) is 16.7 Å². The number of aryl methyl sites for hydroxylation is 1. The highest BCUT2D eigenvalue weighted by Crippen LogP contribution is 2.27. The van der Waals surface area contributed by atoms with Gasteiger partial charge in [-0.2, -0.15) is 0 Å². The number of oxazole rings is 1. The number of nitrogens with zero attached hydrogens (tertiary/aromatic N) is 1. The summed E-state index contributed by atoms with van der Waals surface area (Å²) in [4.78, 5) is 4.58. The molecule has 19 heavy (non-hydrogen) atoms. The number of benzene rings is 2. The van der Waals surface area contributed by atoms with Crippen LogP contribution in [0.3, 0.4) is 0 Å². The standard InChI is InChI=1S/C16H14N2O/c1-10-2-5-15-14(6-10)18-16(19-15)11-3-4-12-8-17-9-13(12)7-11/h2-7,17H,8-9H2,1H3. The zero-order valence-corrected chi connectivity index (χ0v) is 10.7. The second-order valence-corrected chi connectivity index (χ2v) is 5.08. The molecule has 0 bridgehead atoms. The molecular formula is C16H14N2O. The molecule has 0 aliphatic carbocycles. The first-order chi connectivity index (χ1) is 9.29. The minimum atomic E-state index is 0.704. The van der Waals surface area contributed by atoms with Crippen molar-refractivity contribution in [2.45, 2.75) is 20.0 Å². The van der Waals surface area contributed by atoms with Crippen LogP contribution in [0.4, 0.5) is 0 Å². The molecule has 3 heteroatoms. The third-order valence-electron chi connectivity index (χ3n) is 3.63. The van der Waals surface area contributed by atoms with Crippen molar-refractivity contribution in [3.63, 3.8) is 0 Å². The molecule has 0 amide bonds. The van der Waals surface area contributed by atoms with Crippen molar-refractivity contribution in [2.75, 3.05) is 0 Å². The van der Waals surface area contributed by atoms with E-state index in [-0.39, 0.29) is 0 Å². The molecular weight excluding hydrogens is 236 g/mol. The Hall–Kier alpha value is -2.13. The van der Waals surface area contributed by atoms with Crippen LogP contribution in [-0.4, -0.2) is 4.98 Å². The van der Waals surface area contributed by atoms with Crippen molar-refractivity contribution in [2.24, 2.45) is 0 Å². The summed E-state index contributed by atoms with van der Waals surface area (Å²) < 4.78 is 5.84. The minimum absolute atomic E-state index is 0.704. The van der Waals surface area contributed by atoms with Gasteiger partial charge in [0, 0.05) is 18.7 Å². The smallest absolute Gasteiger partial charge is 0.227 e. The maximum Gasteiger partial charge on any atom is 0.227 e. The predicted octanol–water partition coefficient (Wildman–Crippen LogP) is 3.41. The Kier molecular flexibility index (Phi) is 2.23. The first-order valence-corrected chi connectivity index (χ1v) is 6.50. The number of rotatable bonds is 1. The van der Waals surface area contributed by atoms with Gasteiger partial charge >= 0.3 is 0 Å². The Morgan fingerprint density at radius 3 is 2.89 bits per heavy atom. The quantitative estimate of drug-likeness (QED) is 0.719. The van der Waals surface area contributed by atoms with Crippen LogP contribution in [0, 0.1) is 6.92 Å². The second kappa shape index (κ2) is 3.93. The highest BCUT2D eigenvalue weighted by molar-refractivity contribution is 5.77. The van der Waals surface area contributed by atoms with Crippen LogP contribution in [0.15, 0.2) is 40.8 Å². The Bertz CT molecular complexity index is 774. The van der Waals surface area contributed by atoms with E-state index in [0.29, 0.717) is 5.89 Å². The molecule has 3 nitrogen and oxygen atoms in total. The lowest BCUT2D eigenvalue weighted by molar-refractivity contribution is 0.619. The summed E-state index contributed by atoms with van der Waals surface area (Å²) in [6.07, 6.45) is 0. The molecule has 0 radical (unpaired) electrons. The first-order valence-electron chi connectivity index (χ1n) is 6.50. The van der Waals surface area contributed by atoms with Gasteiger partial charge in [-0.25, -0.2) is 4.98 Å². The molecule has 3 aromatic rings. The van der Waals surface area contributed by atoms with Crippen LogP contribution >= 0.6 is 0 Å². The summed E-state index contributed by atoms with van der Waals surface area (Å²) in [5, 5.41) is 3.35. The SMILES string of the molecule is Cc1ccc2oc(-c3ccc4c(c3)CNC4)nc2c1. The van der Waals surface area contributed by atoms with Crippen molar-refractivity contribution >= 4 is 11.1 Å². The number of fused-ring (bicyclic) bond motifs is 2. The van der Waals surface area contributed by atoms with Gasteiger partial charge in [0.2, 0.25) is 5.89 Å². The predicted molar refractivity (Wildman–Crippen MR) is 74.7 cm³/mol. The van der Waals surface area contributed by atoms with Crippen LogP contribution in [0.2, 0.25) is 0 Å². The molecule has 2 aromatic carbocycles. The highest BCUT2D eigenvalue weighted by Gasteiger charge is 2.13. The maximum absolute atomic E-state index is 5.84. The van der Waals surface area contributed by atoms with E-state index in [9.17, 15) is 0 Å². The highest BCUT2D eigenvalue weighted by atomic mass is 16.3. The van der Waals surface area contributed by atoms with Gasteiger partial charge in [-0.3, -0.25) is 0 Å². The largest absolute Gasteiger partial charge is 0.436 e. The van der Waals surface area contributed by atoms with Crippen molar-refractivity contribution < 1.29 is 4.42 Å². The molecule has 94 valence electrons. The summed E-state index contributed by atoms with van der Waals surface area (Å²) in [6, 6.07) is 12.5. The van der Waals surface area contributed by atoms with Gasteiger partial charge in [0.05, 0.1) is 0 Å². The summed E-state index contributed by atoms with van der Waals surface area (Å²) in [6.45, 7) is 3.96. The Balaban J connectivity index is 1.85. The number of hydrogen-bond acceptors (Lipinski definition) is 3. The van der Waals surface area contributed by atoms with Gasteiger partial charge in [-0.05, 0) is 47.9 Å². The molecule has 1 aromatic heterocycles. The van der Waals surface area contributed by atoms with Crippen molar-refractivity contribution in [3.05, 3.63) is 53.1 Å². The first kappa shape index (κ1) is 10.8. The van der Waals surface area contributed by atoms with Crippen molar-refractivity contribution in [1.82, 2.24) is 10.3 Å². The van der Waals surface area contributed by atoms with E-state index in [2.05, 4.69) is 41.5 Å². The van der Waals surface area contributed by atoms with E-state index in [1.807, 2.05) is 12.1 Å². The summed E-state index contributed by atoms with van der Waals surface area (Å²) in [7, 11) is 0. The van der Waals surface area contributed by atoms with Gasteiger partial charge < -0.3 is 9.73 Å². The van der Waals surface area contributed by atoms with E-state index >= 15 is 0 Å². The summed E-state index contributed by atoms with van der Waals surface area (Å²) >= 11 is 0. The fraction of sp³-hybridized carbons (Fsp3) is 0.188. The summed E-state index contributed by atoms with van der Waals surface area (Å²) in [5.74, 6) is 0.704. The van der Waals surface area contributed by atoms with Crippen molar-refractivity contribution in [3.8, 4) is 11.5 Å². The fourth-order valence-corrected chi connectivity index (χ4v) is 2.59. The molecule has 0 spiro atoms. The van der Waals surface area contributed by atoms with Crippen LogP contribution in [0.5, 0.6) is 0 Å². The summed E-state index contributed by atoms with van der Waals surface area (Å²) in [5.41, 5.74) is 6.74. The van der Waals surface area contributed by atoms with Crippen molar-refractivity contribution in [1.29, 1.82) is 0 Å². The third-order valence-corrected chi connectivity index (χ3v) is 3.63. The molecule has 2 heterocycles. The van der Waals surface area contributed by atoms with E-state index in [4.69, 9.17) is 4.42 Å². The maximum atomic E-state index is 5.84. The zero-order chi connectivity index (χ0) is 12.8. The average molecular weight is 250 g/mol. The molecule has 1 aliphatic heterocycles. The number of nitrogens with one attached hydrogen (secondary N) is 1. The second-order valence-electron chi connectivity index (χ2n) is 5.08. The van der Waals surface area contributed by atoms with Gasteiger partial charge in [-0.15, -0.1) is 0 Å². The van der Waals surface area contributed by atoms with Gasteiger partial charge in [0.15, 0.2) is 5.58 Å². The topological polar surface area (TPSA) is 38.1 Å². The third kappa shape index (κ3) is 1.74. The molecule has 0 atom stereocenters. The normalized spacial score (nSPS) is 13.9. The number of hydrogen-bond donors (Lipinski definition) is 1. The van der Waals surface area contributed by atoms with Gasteiger partial charge in [0.25, 0.3) is 0 Å². The lowest BCUT2D eigenvalue weighted by Crippen LogP contribution is -1.99. The number of aromatic nitrogens is 1.